The summed E-state index contributed by atoms with van der Waals surface area (Å²) in [6.45, 7) is 3.88. The third-order valence-electron chi connectivity index (χ3n) is 10.2. The number of phosphoric ester groups is 1. The summed E-state index contributed by atoms with van der Waals surface area (Å²) in [5.74, 6) is -0.700. The van der Waals surface area contributed by atoms with E-state index in [1.165, 1.54) is 64.2 Å². The molecule has 1 aliphatic rings. The van der Waals surface area contributed by atoms with Crippen molar-refractivity contribution in [3.05, 3.63) is 36.6 Å². The highest BCUT2D eigenvalue weighted by atomic mass is 31.2. The number of carbonyl (C=O) groups is 1. The number of nitrogens with two attached hydrogens (primary N) is 1. The van der Waals surface area contributed by atoms with Crippen molar-refractivity contribution in [3.8, 4) is 0 Å². The molecule has 0 radical (unpaired) electrons. The van der Waals surface area contributed by atoms with Crippen LogP contribution in [0.1, 0.15) is 168 Å². The normalized spacial score (nSPS) is 21.1. The highest BCUT2D eigenvalue weighted by Crippen LogP contribution is 2.43. The second-order valence-electron chi connectivity index (χ2n) is 15.2. The van der Waals surface area contributed by atoms with Gasteiger partial charge in [0, 0.05) is 25.3 Å². The van der Waals surface area contributed by atoms with Crippen molar-refractivity contribution in [2.24, 2.45) is 17.6 Å². The van der Waals surface area contributed by atoms with Crippen molar-refractivity contribution in [3.63, 3.8) is 0 Å². The fourth-order valence-electron chi connectivity index (χ4n) is 6.93. The van der Waals surface area contributed by atoms with E-state index in [1.807, 2.05) is 12.2 Å². The number of allylic oxidation sites excluding steroid dienone is 3. The van der Waals surface area contributed by atoms with Gasteiger partial charge in [-0.05, 0) is 69.8 Å². The van der Waals surface area contributed by atoms with E-state index in [4.69, 9.17) is 24.3 Å². The van der Waals surface area contributed by atoms with E-state index < -0.39 is 38.2 Å². The number of esters is 1. The second-order valence-corrected chi connectivity index (χ2v) is 16.7. The van der Waals surface area contributed by atoms with E-state index in [0.29, 0.717) is 19.3 Å². The number of aliphatic hydroxyl groups excluding tert-OH is 3. The molecule has 0 heterocycles. The van der Waals surface area contributed by atoms with Crippen LogP contribution in [0, 0.1) is 11.8 Å². The molecule has 0 spiro atoms. The molecule has 0 aliphatic heterocycles. The zero-order chi connectivity index (χ0) is 40.4. The zero-order valence-corrected chi connectivity index (χ0v) is 35.4. The second kappa shape index (κ2) is 34.5. The predicted molar refractivity (Wildman–Crippen MR) is 221 cm³/mol. The maximum atomic E-state index is 12.7. The van der Waals surface area contributed by atoms with Crippen LogP contribution >= 0.6 is 7.82 Å². The Labute approximate surface area is 334 Å². The highest BCUT2D eigenvalue weighted by molar-refractivity contribution is 7.47. The summed E-state index contributed by atoms with van der Waals surface area (Å²) in [4.78, 5) is 22.6. The van der Waals surface area contributed by atoms with Crippen LogP contribution in [-0.2, 0) is 27.9 Å². The van der Waals surface area contributed by atoms with E-state index in [2.05, 4.69) is 26.0 Å². The number of carbonyl (C=O) groups excluding carboxylic acids is 1. The van der Waals surface area contributed by atoms with E-state index in [0.717, 1.165) is 64.2 Å². The van der Waals surface area contributed by atoms with E-state index in [1.54, 1.807) is 12.3 Å². The Morgan fingerprint density at radius 3 is 2.05 bits per heavy atom. The van der Waals surface area contributed by atoms with Gasteiger partial charge in [-0.2, -0.15) is 0 Å². The van der Waals surface area contributed by atoms with Gasteiger partial charge in [0.05, 0.1) is 37.8 Å². The molecule has 0 bridgehead atoms. The van der Waals surface area contributed by atoms with Gasteiger partial charge in [0.1, 0.15) is 6.61 Å². The number of rotatable bonds is 37. The summed E-state index contributed by atoms with van der Waals surface area (Å²) in [5, 5.41) is 31.4. The van der Waals surface area contributed by atoms with Crippen molar-refractivity contribution >= 4 is 13.8 Å². The molecular formula is C43H80NO10P. The van der Waals surface area contributed by atoms with Crippen LogP contribution in [0.3, 0.4) is 0 Å². The minimum Gasteiger partial charge on any atom is -0.498 e. The molecule has 1 unspecified atom stereocenters. The molecular weight excluding hydrogens is 721 g/mol. The summed E-state index contributed by atoms with van der Waals surface area (Å²) in [5.41, 5.74) is 5.36. The van der Waals surface area contributed by atoms with Gasteiger partial charge in [0.25, 0.3) is 0 Å². The molecule has 1 saturated carbocycles. The van der Waals surface area contributed by atoms with Crippen LogP contribution in [0.2, 0.25) is 0 Å². The molecule has 0 aromatic carbocycles. The lowest BCUT2D eigenvalue weighted by molar-refractivity contribution is -0.153. The van der Waals surface area contributed by atoms with E-state index in [9.17, 15) is 29.6 Å². The fraction of sp³-hybridized carbons (Fsp3) is 0.837. The van der Waals surface area contributed by atoms with Gasteiger partial charge in [-0.3, -0.25) is 13.8 Å². The van der Waals surface area contributed by atoms with Crippen LogP contribution in [0.5, 0.6) is 0 Å². The van der Waals surface area contributed by atoms with Gasteiger partial charge >= 0.3 is 13.8 Å². The molecule has 7 atom stereocenters. The van der Waals surface area contributed by atoms with Gasteiger partial charge in [-0.15, -0.1) is 0 Å². The molecule has 0 amide bonds. The van der Waals surface area contributed by atoms with E-state index >= 15 is 0 Å². The molecule has 1 rings (SSSR count). The first-order valence-electron chi connectivity index (χ1n) is 21.8. The van der Waals surface area contributed by atoms with Crippen molar-refractivity contribution in [1.82, 2.24) is 0 Å². The molecule has 11 nitrogen and oxygen atoms in total. The largest absolute Gasteiger partial charge is 0.498 e. The van der Waals surface area contributed by atoms with Crippen molar-refractivity contribution < 1.29 is 48.1 Å². The zero-order valence-electron chi connectivity index (χ0n) is 34.5. The predicted octanol–water partition coefficient (Wildman–Crippen LogP) is 9.36. The maximum absolute atomic E-state index is 12.7. The Kier molecular flexibility index (Phi) is 32.3. The highest BCUT2D eigenvalue weighted by Gasteiger charge is 2.39. The number of unbranched alkanes of at least 4 members (excludes halogenated alkanes) is 16. The summed E-state index contributed by atoms with van der Waals surface area (Å²) in [6.07, 6.45) is 33.1. The van der Waals surface area contributed by atoms with Crippen molar-refractivity contribution in [2.75, 3.05) is 26.4 Å². The standard InChI is InChI=1S/C43H80NO10P/c1-3-5-7-8-9-10-11-12-13-14-15-16-17-18-21-25-32-51-35-38(36-53-55(49,50)52-33-31-44)54-43(48)28-24-20-19-23-27-39-40(42(47)34-41(39)46)30-29-37(45)26-22-6-4-2/h10-11,25,29-30,32,37-42,45-47H,3-9,12-24,26-28,31,33-36,44H2,1-2H3,(H,49,50)/b11-10-,30-29+,32-25+/t37-,38+,39+,40+,41-,42+/m0/s1. The van der Waals surface area contributed by atoms with Crippen LogP contribution in [0.15, 0.2) is 36.6 Å². The van der Waals surface area contributed by atoms with Gasteiger partial charge in [-0.25, -0.2) is 4.57 Å². The molecule has 12 heteroatoms. The van der Waals surface area contributed by atoms with Gasteiger partial charge < -0.3 is 35.4 Å². The van der Waals surface area contributed by atoms with E-state index in [-0.39, 0.29) is 44.6 Å². The Morgan fingerprint density at radius 1 is 0.782 bits per heavy atom. The molecule has 322 valence electrons. The maximum Gasteiger partial charge on any atom is 0.472 e. The molecule has 1 aliphatic carbocycles. The fourth-order valence-corrected chi connectivity index (χ4v) is 7.70. The SMILES string of the molecule is CCCCCC/C=C\CCCCCCCC/C=C/OC[C@H](COP(=O)(O)OCCN)OC(=O)CCCCCC[C@@H]1[C@@H](/C=C/[C@@H](O)CCCCC)[C@H](O)C[C@@H]1O. The van der Waals surface area contributed by atoms with Gasteiger partial charge in [-0.1, -0.05) is 122 Å². The molecule has 0 aromatic rings. The minimum absolute atomic E-state index is 0.0345. The molecule has 6 N–H and O–H groups in total. The molecule has 0 aromatic heterocycles. The van der Waals surface area contributed by atoms with Crippen LogP contribution < -0.4 is 5.73 Å². The summed E-state index contributed by atoms with van der Waals surface area (Å²) in [7, 11) is -4.35. The Balaban J connectivity index is 2.36. The lowest BCUT2D eigenvalue weighted by Gasteiger charge is -2.21. The topological polar surface area (TPSA) is 178 Å². The number of hydrogen-bond donors (Lipinski definition) is 5. The third-order valence-corrected chi connectivity index (χ3v) is 11.2. The first-order chi connectivity index (χ1) is 26.6. The third kappa shape index (κ3) is 28.5. The summed E-state index contributed by atoms with van der Waals surface area (Å²) >= 11 is 0. The molecule has 0 saturated heterocycles. The summed E-state index contributed by atoms with van der Waals surface area (Å²) < 4.78 is 33.2. The number of aliphatic hydroxyl groups is 3. The average molecular weight is 802 g/mol. The van der Waals surface area contributed by atoms with Gasteiger partial charge in [0.15, 0.2) is 6.10 Å². The quantitative estimate of drug-likeness (QED) is 0.0133. The lowest BCUT2D eigenvalue weighted by Crippen LogP contribution is -2.27. The number of hydrogen-bond acceptors (Lipinski definition) is 10. The number of ether oxygens (including phenoxy) is 2. The smallest absolute Gasteiger partial charge is 0.472 e. The Morgan fingerprint density at radius 2 is 1.38 bits per heavy atom. The van der Waals surface area contributed by atoms with Crippen LogP contribution in [0.25, 0.3) is 0 Å². The van der Waals surface area contributed by atoms with Crippen LogP contribution in [0.4, 0.5) is 0 Å². The summed E-state index contributed by atoms with van der Waals surface area (Å²) in [6, 6.07) is 0. The lowest BCUT2D eigenvalue weighted by atomic mass is 9.88. The Hall–Kier alpha value is -1.56. The first-order valence-corrected chi connectivity index (χ1v) is 23.3. The first kappa shape index (κ1) is 51.5. The molecule has 1 fully saturated rings. The van der Waals surface area contributed by atoms with Crippen molar-refractivity contribution in [2.45, 2.75) is 192 Å². The van der Waals surface area contributed by atoms with Gasteiger partial charge in [0.2, 0.25) is 0 Å². The monoisotopic (exact) mass is 802 g/mol. The van der Waals surface area contributed by atoms with Crippen molar-refractivity contribution in [1.29, 1.82) is 0 Å². The average Bonchev–Trinajstić information content (AvgIpc) is 3.43. The Bertz CT molecular complexity index is 1060. The number of phosphoric acid groups is 1. The molecule has 55 heavy (non-hydrogen) atoms. The minimum atomic E-state index is -4.35. The van der Waals surface area contributed by atoms with Crippen LogP contribution in [-0.4, -0.2) is 77.0 Å².